The van der Waals surface area contributed by atoms with E-state index in [1.54, 1.807) is 6.26 Å². The molecule has 2 aromatic heterocycles. The molecule has 94 valence electrons. The van der Waals surface area contributed by atoms with Crippen molar-refractivity contribution in [1.29, 1.82) is 0 Å². The number of hydrogen-bond acceptors (Lipinski definition) is 6. The van der Waals surface area contributed by atoms with E-state index in [9.17, 15) is 0 Å². The number of aryl methyl sites for hydroxylation is 1. The molecule has 1 aliphatic rings. The van der Waals surface area contributed by atoms with Crippen LogP contribution in [0.5, 0.6) is 0 Å². The van der Waals surface area contributed by atoms with Crippen LogP contribution in [0.4, 0.5) is 0 Å². The summed E-state index contributed by atoms with van der Waals surface area (Å²) in [6, 6.07) is 0.703. The Kier molecular flexibility index (Phi) is 3.29. The van der Waals surface area contributed by atoms with Gasteiger partial charge in [-0.25, -0.2) is 15.0 Å². The minimum absolute atomic E-state index is 0.580. The molecule has 6 heteroatoms. The van der Waals surface area contributed by atoms with Gasteiger partial charge in [0, 0.05) is 42.3 Å². The molecule has 0 atom stereocenters. The largest absolute Gasteiger partial charge is 0.439 e. The molecule has 1 fully saturated rings. The molecule has 5 nitrogen and oxygen atoms in total. The van der Waals surface area contributed by atoms with E-state index in [4.69, 9.17) is 4.42 Å². The molecule has 0 aliphatic heterocycles. The second-order valence-corrected chi connectivity index (χ2v) is 5.30. The van der Waals surface area contributed by atoms with Crippen LogP contribution >= 0.6 is 11.8 Å². The van der Waals surface area contributed by atoms with Gasteiger partial charge in [0.15, 0.2) is 5.16 Å². The van der Waals surface area contributed by atoms with Gasteiger partial charge in [0.25, 0.3) is 5.22 Å². The first kappa shape index (κ1) is 11.7. The summed E-state index contributed by atoms with van der Waals surface area (Å²) in [6.07, 6.45) is 7.90. The smallest absolute Gasteiger partial charge is 0.263 e. The Balaban J connectivity index is 1.59. The lowest BCUT2D eigenvalue weighted by molar-refractivity contribution is 0.453. The molecule has 0 amide bonds. The summed E-state index contributed by atoms with van der Waals surface area (Å²) in [5, 5.41) is 4.67. The molecule has 0 bridgehead atoms. The van der Waals surface area contributed by atoms with E-state index < -0.39 is 0 Å². The van der Waals surface area contributed by atoms with Gasteiger partial charge in [-0.3, -0.25) is 0 Å². The highest BCUT2D eigenvalue weighted by atomic mass is 32.2. The van der Waals surface area contributed by atoms with Crippen molar-refractivity contribution in [2.24, 2.45) is 0 Å². The Hall–Kier alpha value is -1.40. The van der Waals surface area contributed by atoms with Crippen LogP contribution < -0.4 is 5.32 Å². The zero-order chi connectivity index (χ0) is 12.4. The fourth-order valence-corrected chi connectivity index (χ4v) is 2.15. The molecule has 2 aromatic rings. The van der Waals surface area contributed by atoms with Crippen molar-refractivity contribution in [2.45, 2.75) is 42.7 Å². The van der Waals surface area contributed by atoms with Gasteiger partial charge in [0.05, 0.1) is 5.69 Å². The Bertz CT molecular complexity index is 521. The predicted octanol–water partition coefficient (Wildman–Crippen LogP) is 2.18. The maximum absolute atomic E-state index is 5.25. The number of hydrogen-bond donors (Lipinski definition) is 1. The SMILES string of the molecule is Cc1coc(Sc2ncc(CNC3CC3)cn2)n1. The Labute approximate surface area is 109 Å². The molecule has 0 spiro atoms. The first-order valence-corrected chi connectivity index (χ1v) is 6.75. The average Bonchev–Trinajstić information content (AvgIpc) is 3.12. The summed E-state index contributed by atoms with van der Waals surface area (Å²) in [5.41, 5.74) is 1.97. The highest BCUT2D eigenvalue weighted by Crippen LogP contribution is 2.23. The molecule has 0 radical (unpaired) electrons. The topological polar surface area (TPSA) is 63.8 Å². The van der Waals surface area contributed by atoms with E-state index in [0.29, 0.717) is 16.4 Å². The summed E-state index contributed by atoms with van der Waals surface area (Å²) in [4.78, 5) is 12.8. The first-order valence-electron chi connectivity index (χ1n) is 5.94. The van der Waals surface area contributed by atoms with E-state index in [2.05, 4.69) is 20.3 Å². The van der Waals surface area contributed by atoms with Gasteiger partial charge < -0.3 is 9.73 Å². The molecule has 1 aliphatic carbocycles. The van der Waals surface area contributed by atoms with Crippen LogP contribution in [0.2, 0.25) is 0 Å². The number of rotatable bonds is 5. The van der Waals surface area contributed by atoms with Gasteiger partial charge in [-0.2, -0.15) is 0 Å². The van der Waals surface area contributed by atoms with Gasteiger partial charge in [0.1, 0.15) is 6.26 Å². The number of nitrogens with zero attached hydrogens (tertiary/aromatic N) is 3. The second kappa shape index (κ2) is 5.07. The van der Waals surface area contributed by atoms with Crippen molar-refractivity contribution in [3.05, 3.63) is 29.9 Å². The van der Waals surface area contributed by atoms with E-state index >= 15 is 0 Å². The highest BCUT2D eigenvalue weighted by molar-refractivity contribution is 7.98. The maximum atomic E-state index is 5.25. The summed E-state index contributed by atoms with van der Waals surface area (Å²) in [7, 11) is 0. The first-order chi connectivity index (χ1) is 8.79. The third-order valence-electron chi connectivity index (χ3n) is 2.63. The van der Waals surface area contributed by atoms with Crippen molar-refractivity contribution < 1.29 is 4.42 Å². The number of aromatic nitrogens is 3. The van der Waals surface area contributed by atoms with Gasteiger partial charge in [-0.05, 0) is 19.8 Å². The van der Waals surface area contributed by atoms with Crippen LogP contribution in [0.1, 0.15) is 24.1 Å². The lowest BCUT2D eigenvalue weighted by Crippen LogP contribution is -2.15. The van der Waals surface area contributed by atoms with Crippen molar-refractivity contribution in [3.8, 4) is 0 Å². The zero-order valence-corrected chi connectivity index (χ0v) is 10.9. The van der Waals surface area contributed by atoms with Crippen LogP contribution in [0.25, 0.3) is 0 Å². The van der Waals surface area contributed by atoms with Crippen molar-refractivity contribution in [1.82, 2.24) is 20.3 Å². The van der Waals surface area contributed by atoms with Gasteiger partial charge >= 0.3 is 0 Å². The van der Waals surface area contributed by atoms with Crippen molar-refractivity contribution in [2.75, 3.05) is 0 Å². The summed E-state index contributed by atoms with van der Waals surface area (Å²) in [6.45, 7) is 2.73. The van der Waals surface area contributed by atoms with E-state index in [1.807, 2.05) is 19.3 Å². The number of oxazole rings is 1. The van der Waals surface area contributed by atoms with E-state index in [1.165, 1.54) is 24.6 Å². The molecule has 0 unspecified atom stereocenters. The third kappa shape index (κ3) is 3.08. The van der Waals surface area contributed by atoms with Crippen LogP contribution in [0, 0.1) is 6.92 Å². The summed E-state index contributed by atoms with van der Waals surface area (Å²) >= 11 is 1.33. The minimum atomic E-state index is 0.580. The van der Waals surface area contributed by atoms with Gasteiger partial charge in [-0.15, -0.1) is 0 Å². The molecule has 1 N–H and O–H groups in total. The fourth-order valence-electron chi connectivity index (χ4n) is 1.49. The normalized spacial score (nSPS) is 14.9. The van der Waals surface area contributed by atoms with E-state index in [-0.39, 0.29) is 0 Å². The molecule has 1 saturated carbocycles. The summed E-state index contributed by atoms with van der Waals surface area (Å²) < 4.78 is 5.25. The van der Waals surface area contributed by atoms with Crippen molar-refractivity contribution in [3.63, 3.8) is 0 Å². The molecular formula is C12H14N4OS. The van der Waals surface area contributed by atoms with Crippen LogP contribution in [-0.4, -0.2) is 21.0 Å². The maximum Gasteiger partial charge on any atom is 0.263 e. The quantitative estimate of drug-likeness (QED) is 0.833. The lowest BCUT2D eigenvalue weighted by Gasteiger charge is -2.02. The van der Waals surface area contributed by atoms with Crippen LogP contribution in [0.3, 0.4) is 0 Å². The number of nitrogens with one attached hydrogen (secondary N) is 1. The molecule has 0 aromatic carbocycles. The summed E-state index contributed by atoms with van der Waals surface area (Å²) in [5.74, 6) is 0. The molecule has 18 heavy (non-hydrogen) atoms. The fraction of sp³-hybridized carbons (Fsp3) is 0.417. The lowest BCUT2D eigenvalue weighted by atomic mass is 10.3. The molecule has 0 saturated heterocycles. The molecule has 3 rings (SSSR count). The molecule has 2 heterocycles. The Morgan fingerprint density at radius 3 is 2.78 bits per heavy atom. The van der Waals surface area contributed by atoms with Gasteiger partial charge in [-0.1, -0.05) is 0 Å². The zero-order valence-electron chi connectivity index (χ0n) is 10.1. The Morgan fingerprint density at radius 2 is 2.17 bits per heavy atom. The van der Waals surface area contributed by atoms with Crippen LogP contribution in [0.15, 0.2) is 33.5 Å². The third-order valence-corrected chi connectivity index (χ3v) is 3.39. The second-order valence-electron chi connectivity index (χ2n) is 4.39. The predicted molar refractivity (Wildman–Crippen MR) is 67.3 cm³/mol. The minimum Gasteiger partial charge on any atom is -0.439 e. The van der Waals surface area contributed by atoms with Crippen molar-refractivity contribution >= 4 is 11.8 Å². The van der Waals surface area contributed by atoms with Crippen LogP contribution in [-0.2, 0) is 6.54 Å². The molecular weight excluding hydrogens is 248 g/mol. The average molecular weight is 262 g/mol. The monoisotopic (exact) mass is 262 g/mol. The van der Waals surface area contributed by atoms with Gasteiger partial charge in [0.2, 0.25) is 0 Å². The Morgan fingerprint density at radius 1 is 1.39 bits per heavy atom. The standard InChI is InChI=1S/C12H14N4OS/c1-8-7-17-12(16-8)18-11-14-5-9(6-15-11)4-13-10-2-3-10/h5-7,10,13H,2-4H2,1H3. The van der Waals surface area contributed by atoms with E-state index in [0.717, 1.165) is 17.8 Å². The highest BCUT2D eigenvalue weighted by Gasteiger charge is 2.19.